The Morgan fingerprint density at radius 1 is 1.46 bits per heavy atom. The van der Waals surface area contributed by atoms with Crippen LogP contribution in [0.1, 0.15) is 12.8 Å². The highest BCUT2D eigenvalue weighted by atomic mass is 16.5. The van der Waals surface area contributed by atoms with Gasteiger partial charge < -0.3 is 15.0 Å². The summed E-state index contributed by atoms with van der Waals surface area (Å²) in [5, 5.41) is 0. The van der Waals surface area contributed by atoms with Crippen molar-refractivity contribution in [3.05, 3.63) is 18.7 Å². The summed E-state index contributed by atoms with van der Waals surface area (Å²) in [6.45, 7) is 1.54. The molecule has 1 aliphatic heterocycles. The van der Waals surface area contributed by atoms with Gasteiger partial charge in [-0.05, 0) is 12.8 Å². The summed E-state index contributed by atoms with van der Waals surface area (Å²) in [4.78, 5) is 3.99. The van der Waals surface area contributed by atoms with Crippen LogP contribution in [0.4, 0.5) is 0 Å². The highest BCUT2D eigenvalue weighted by Gasteiger charge is 2.23. The zero-order valence-corrected chi connectivity index (χ0v) is 7.60. The van der Waals surface area contributed by atoms with E-state index >= 15 is 0 Å². The van der Waals surface area contributed by atoms with Gasteiger partial charge in [-0.1, -0.05) is 0 Å². The third-order valence-corrected chi connectivity index (χ3v) is 2.43. The maximum Gasteiger partial charge on any atom is 0.0946 e. The molecule has 2 heterocycles. The molecule has 2 N–H and O–H groups in total. The van der Waals surface area contributed by atoms with Crippen molar-refractivity contribution in [1.82, 2.24) is 9.55 Å². The van der Waals surface area contributed by atoms with Crippen molar-refractivity contribution in [3.63, 3.8) is 0 Å². The number of nitrogens with zero attached hydrogens (tertiary/aromatic N) is 2. The molecule has 0 bridgehead atoms. The van der Waals surface area contributed by atoms with Crippen LogP contribution in [0.15, 0.2) is 18.7 Å². The van der Waals surface area contributed by atoms with Gasteiger partial charge in [-0.25, -0.2) is 4.98 Å². The maximum atomic E-state index is 5.71. The van der Waals surface area contributed by atoms with E-state index in [-0.39, 0.29) is 6.10 Å². The van der Waals surface area contributed by atoms with Crippen molar-refractivity contribution < 1.29 is 4.74 Å². The molecule has 0 spiro atoms. The number of nitrogens with two attached hydrogens (primary N) is 1. The van der Waals surface area contributed by atoms with E-state index in [0.717, 1.165) is 19.4 Å². The first-order valence-electron chi connectivity index (χ1n) is 4.70. The fourth-order valence-electron chi connectivity index (χ4n) is 1.72. The number of imidazole rings is 1. The van der Waals surface area contributed by atoms with Crippen molar-refractivity contribution in [2.75, 3.05) is 6.54 Å². The Kier molecular flexibility index (Phi) is 2.61. The van der Waals surface area contributed by atoms with Gasteiger partial charge >= 0.3 is 0 Å². The Bertz CT molecular complexity index is 247. The zero-order valence-electron chi connectivity index (χ0n) is 7.60. The van der Waals surface area contributed by atoms with Gasteiger partial charge in [0.05, 0.1) is 18.5 Å². The van der Waals surface area contributed by atoms with Crippen molar-refractivity contribution >= 4 is 0 Å². The molecule has 0 aromatic carbocycles. The Morgan fingerprint density at radius 2 is 2.31 bits per heavy atom. The molecule has 1 aromatic rings. The minimum Gasteiger partial charge on any atom is -0.372 e. The molecular formula is C9H15N3O. The summed E-state index contributed by atoms with van der Waals surface area (Å²) < 4.78 is 7.76. The lowest BCUT2D eigenvalue weighted by molar-refractivity contribution is 0.0405. The first kappa shape index (κ1) is 8.72. The number of hydrogen-bond donors (Lipinski definition) is 1. The number of hydrogen-bond acceptors (Lipinski definition) is 3. The van der Waals surface area contributed by atoms with Crippen LogP contribution in [0, 0.1) is 0 Å². The molecule has 0 saturated carbocycles. The molecule has 2 atom stereocenters. The molecular weight excluding hydrogens is 166 g/mol. The van der Waals surface area contributed by atoms with Crippen LogP contribution in [0.25, 0.3) is 0 Å². The van der Waals surface area contributed by atoms with Crippen LogP contribution in [-0.2, 0) is 11.3 Å². The third-order valence-electron chi connectivity index (χ3n) is 2.43. The Hall–Kier alpha value is -0.870. The van der Waals surface area contributed by atoms with Crippen molar-refractivity contribution in [2.24, 2.45) is 5.73 Å². The summed E-state index contributed by atoms with van der Waals surface area (Å²) in [6.07, 6.45) is 8.36. The highest BCUT2D eigenvalue weighted by Crippen LogP contribution is 2.19. The van der Waals surface area contributed by atoms with Crippen LogP contribution in [0.2, 0.25) is 0 Å². The van der Waals surface area contributed by atoms with Crippen molar-refractivity contribution in [2.45, 2.75) is 31.6 Å². The quantitative estimate of drug-likeness (QED) is 0.734. The fraction of sp³-hybridized carbons (Fsp3) is 0.667. The first-order chi connectivity index (χ1) is 6.38. The monoisotopic (exact) mass is 181 g/mol. The molecule has 13 heavy (non-hydrogen) atoms. The first-order valence-corrected chi connectivity index (χ1v) is 4.70. The average molecular weight is 181 g/mol. The second-order valence-corrected chi connectivity index (χ2v) is 3.45. The minimum atomic E-state index is 0.272. The normalized spacial score (nSPS) is 28.1. The van der Waals surface area contributed by atoms with Crippen molar-refractivity contribution in [1.29, 1.82) is 0 Å². The van der Waals surface area contributed by atoms with Gasteiger partial charge in [0.1, 0.15) is 0 Å². The molecule has 1 aromatic heterocycles. The standard InChI is InChI=1S/C9H15N3O/c10-5-8-1-2-9(13-8)6-12-4-3-11-7-12/h3-4,7-9H,1-2,5-6,10H2. The lowest BCUT2D eigenvalue weighted by Gasteiger charge is -2.12. The Labute approximate surface area is 77.7 Å². The third kappa shape index (κ3) is 2.08. The zero-order chi connectivity index (χ0) is 9.10. The van der Waals surface area contributed by atoms with E-state index in [4.69, 9.17) is 10.5 Å². The van der Waals surface area contributed by atoms with E-state index in [1.54, 1.807) is 6.20 Å². The number of aromatic nitrogens is 2. The minimum absolute atomic E-state index is 0.272. The second kappa shape index (κ2) is 3.89. The molecule has 0 amide bonds. The fourth-order valence-corrected chi connectivity index (χ4v) is 1.72. The lowest BCUT2D eigenvalue weighted by Crippen LogP contribution is -2.22. The van der Waals surface area contributed by atoms with Gasteiger partial charge in [-0.3, -0.25) is 0 Å². The van der Waals surface area contributed by atoms with Gasteiger partial charge in [0.25, 0.3) is 0 Å². The second-order valence-electron chi connectivity index (χ2n) is 3.45. The smallest absolute Gasteiger partial charge is 0.0946 e. The molecule has 0 radical (unpaired) electrons. The van der Waals surface area contributed by atoms with Gasteiger partial charge in [-0.15, -0.1) is 0 Å². The Morgan fingerprint density at radius 3 is 2.92 bits per heavy atom. The maximum absolute atomic E-state index is 5.71. The van der Waals surface area contributed by atoms with Gasteiger partial charge in [0.15, 0.2) is 0 Å². The van der Waals surface area contributed by atoms with E-state index < -0.39 is 0 Å². The predicted octanol–water partition coefficient (Wildman–Crippen LogP) is 0.389. The SMILES string of the molecule is NCC1CCC(Cn2ccnc2)O1. The summed E-state index contributed by atoms with van der Waals surface area (Å²) in [7, 11) is 0. The summed E-state index contributed by atoms with van der Waals surface area (Å²) >= 11 is 0. The molecule has 1 aliphatic rings. The van der Waals surface area contributed by atoms with Crippen molar-refractivity contribution in [3.8, 4) is 0 Å². The predicted molar refractivity (Wildman–Crippen MR) is 49.2 cm³/mol. The van der Waals surface area contributed by atoms with Crippen LogP contribution >= 0.6 is 0 Å². The summed E-state index contributed by atoms with van der Waals surface area (Å²) in [5.74, 6) is 0. The summed E-state index contributed by atoms with van der Waals surface area (Å²) in [6, 6.07) is 0. The largest absolute Gasteiger partial charge is 0.372 e. The topological polar surface area (TPSA) is 53.1 Å². The lowest BCUT2D eigenvalue weighted by atomic mass is 10.2. The molecule has 1 fully saturated rings. The summed E-state index contributed by atoms with van der Waals surface area (Å²) in [5.41, 5.74) is 5.53. The molecule has 72 valence electrons. The van der Waals surface area contributed by atoms with Gasteiger partial charge in [-0.2, -0.15) is 0 Å². The van der Waals surface area contributed by atoms with Crippen LogP contribution < -0.4 is 5.73 Å². The average Bonchev–Trinajstić information content (AvgIpc) is 2.76. The van der Waals surface area contributed by atoms with E-state index in [1.165, 1.54) is 0 Å². The van der Waals surface area contributed by atoms with Crippen LogP contribution in [0.5, 0.6) is 0 Å². The van der Waals surface area contributed by atoms with E-state index in [0.29, 0.717) is 12.6 Å². The Balaban J connectivity index is 1.84. The molecule has 1 saturated heterocycles. The molecule has 4 heteroatoms. The van der Waals surface area contributed by atoms with Crippen LogP contribution in [0.3, 0.4) is 0 Å². The van der Waals surface area contributed by atoms with Gasteiger partial charge in [0.2, 0.25) is 0 Å². The van der Waals surface area contributed by atoms with E-state index in [1.807, 2.05) is 17.1 Å². The molecule has 4 nitrogen and oxygen atoms in total. The molecule has 0 aliphatic carbocycles. The highest BCUT2D eigenvalue weighted by molar-refractivity contribution is 4.79. The van der Waals surface area contributed by atoms with E-state index in [2.05, 4.69) is 4.98 Å². The van der Waals surface area contributed by atoms with Gasteiger partial charge in [0, 0.05) is 25.5 Å². The van der Waals surface area contributed by atoms with Crippen LogP contribution in [-0.4, -0.2) is 28.3 Å². The molecule has 2 rings (SSSR count). The number of ether oxygens (including phenoxy) is 1. The number of rotatable bonds is 3. The molecule has 2 unspecified atom stereocenters. The van der Waals surface area contributed by atoms with E-state index in [9.17, 15) is 0 Å².